The Balaban J connectivity index is 1.89. The van der Waals surface area contributed by atoms with Crippen molar-refractivity contribution in [3.8, 4) is 0 Å². The molecule has 1 aromatic carbocycles. The van der Waals surface area contributed by atoms with Crippen LogP contribution in [0.4, 0.5) is 4.79 Å². The molecule has 0 unspecified atom stereocenters. The number of carboxylic acid groups (broad SMARTS) is 1. The fourth-order valence-electron chi connectivity index (χ4n) is 1.76. The van der Waals surface area contributed by atoms with Crippen molar-refractivity contribution >= 4 is 18.1 Å². The van der Waals surface area contributed by atoms with Gasteiger partial charge in [-0.15, -0.1) is 0 Å². The van der Waals surface area contributed by atoms with Crippen LogP contribution in [0.2, 0.25) is 0 Å². The molecule has 2 rings (SSSR count). The lowest BCUT2D eigenvalue weighted by molar-refractivity contribution is -0.131. The zero-order valence-electron chi connectivity index (χ0n) is 11.4. The second-order valence-corrected chi connectivity index (χ2v) is 4.99. The summed E-state index contributed by atoms with van der Waals surface area (Å²) >= 11 is 0. The summed E-state index contributed by atoms with van der Waals surface area (Å²) in [6, 6.07) is 7.75. The molecule has 5 nitrogen and oxygen atoms in total. The Labute approximate surface area is 117 Å². The van der Waals surface area contributed by atoms with Crippen molar-refractivity contribution < 1.29 is 14.7 Å². The lowest BCUT2D eigenvalue weighted by Gasteiger charge is -2.18. The maximum absolute atomic E-state index is 11.8. The van der Waals surface area contributed by atoms with E-state index in [-0.39, 0.29) is 6.03 Å². The number of nitrogens with zero attached hydrogens (tertiary/aromatic N) is 1. The number of hydrogen-bond acceptors (Lipinski definition) is 2. The molecule has 0 spiro atoms. The number of aliphatic carboxylic acids is 1. The quantitative estimate of drug-likeness (QED) is 0.808. The van der Waals surface area contributed by atoms with Gasteiger partial charge in [-0.1, -0.05) is 24.3 Å². The van der Waals surface area contributed by atoms with Gasteiger partial charge in [-0.3, -0.25) is 0 Å². The minimum atomic E-state index is -0.967. The van der Waals surface area contributed by atoms with Gasteiger partial charge in [0.1, 0.15) is 0 Å². The number of amides is 2. The number of benzene rings is 1. The third kappa shape index (κ3) is 4.42. The van der Waals surface area contributed by atoms with E-state index >= 15 is 0 Å². The highest BCUT2D eigenvalue weighted by Crippen LogP contribution is 2.19. The Morgan fingerprint density at radius 3 is 2.55 bits per heavy atom. The van der Waals surface area contributed by atoms with Crippen molar-refractivity contribution in [3.05, 3.63) is 41.5 Å². The molecule has 1 fully saturated rings. The SMILES string of the molecule is CN(Cc1ccc(C=CC(=O)O)cc1)C(=O)NC1CC1. The van der Waals surface area contributed by atoms with Gasteiger partial charge in [0.15, 0.2) is 0 Å². The van der Waals surface area contributed by atoms with Gasteiger partial charge < -0.3 is 15.3 Å². The molecule has 0 heterocycles. The molecular formula is C15H18N2O3. The largest absolute Gasteiger partial charge is 0.478 e. The molecular weight excluding hydrogens is 256 g/mol. The van der Waals surface area contributed by atoms with Crippen molar-refractivity contribution in [1.82, 2.24) is 10.2 Å². The molecule has 2 amide bonds. The smallest absolute Gasteiger partial charge is 0.328 e. The molecule has 106 valence electrons. The van der Waals surface area contributed by atoms with Crippen LogP contribution in [0.15, 0.2) is 30.3 Å². The lowest BCUT2D eigenvalue weighted by atomic mass is 10.1. The predicted molar refractivity (Wildman–Crippen MR) is 76.1 cm³/mol. The summed E-state index contributed by atoms with van der Waals surface area (Å²) in [7, 11) is 1.76. The Kier molecular flexibility index (Phi) is 4.40. The summed E-state index contributed by atoms with van der Waals surface area (Å²) in [4.78, 5) is 23.8. The van der Waals surface area contributed by atoms with Crippen molar-refractivity contribution in [1.29, 1.82) is 0 Å². The summed E-state index contributed by atoms with van der Waals surface area (Å²) < 4.78 is 0. The molecule has 0 aliphatic heterocycles. The Morgan fingerprint density at radius 2 is 2.00 bits per heavy atom. The number of nitrogens with one attached hydrogen (secondary N) is 1. The van der Waals surface area contributed by atoms with Gasteiger partial charge in [0.05, 0.1) is 0 Å². The van der Waals surface area contributed by atoms with Crippen LogP contribution in [0.1, 0.15) is 24.0 Å². The number of rotatable bonds is 5. The Hall–Kier alpha value is -2.30. The van der Waals surface area contributed by atoms with Gasteiger partial charge in [0.25, 0.3) is 0 Å². The zero-order chi connectivity index (χ0) is 14.5. The summed E-state index contributed by atoms with van der Waals surface area (Å²) in [5, 5.41) is 11.5. The second kappa shape index (κ2) is 6.23. The van der Waals surface area contributed by atoms with Crippen LogP contribution in [0.5, 0.6) is 0 Å². The number of hydrogen-bond donors (Lipinski definition) is 2. The monoisotopic (exact) mass is 274 g/mol. The van der Waals surface area contributed by atoms with Crippen molar-refractivity contribution in [2.75, 3.05) is 7.05 Å². The third-order valence-electron chi connectivity index (χ3n) is 3.07. The van der Waals surface area contributed by atoms with E-state index < -0.39 is 5.97 Å². The van der Waals surface area contributed by atoms with E-state index in [4.69, 9.17) is 5.11 Å². The van der Waals surface area contributed by atoms with Crippen molar-refractivity contribution in [2.45, 2.75) is 25.4 Å². The van der Waals surface area contributed by atoms with Crippen LogP contribution in [0.3, 0.4) is 0 Å². The van der Waals surface area contributed by atoms with Gasteiger partial charge in [-0.25, -0.2) is 9.59 Å². The zero-order valence-corrected chi connectivity index (χ0v) is 11.4. The minimum absolute atomic E-state index is 0.0534. The number of carbonyl (C=O) groups is 2. The van der Waals surface area contributed by atoms with Crippen LogP contribution >= 0.6 is 0 Å². The van der Waals surface area contributed by atoms with Gasteiger partial charge >= 0.3 is 12.0 Å². The van der Waals surface area contributed by atoms with Crippen molar-refractivity contribution in [3.63, 3.8) is 0 Å². The normalized spacial score (nSPS) is 14.2. The first-order chi connectivity index (χ1) is 9.54. The molecule has 5 heteroatoms. The first-order valence-electron chi connectivity index (χ1n) is 6.56. The molecule has 0 bridgehead atoms. The van der Waals surface area contributed by atoms with E-state index in [1.807, 2.05) is 24.3 Å². The maximum atomic E-state index is 11.8. The molecule has 0 atom stereocenters. The Morgan fingerprint density at radius 1 is 1.35 bits per heavy atom. The van der Waals surface area contributed by atoms with Crippen LogP contribution in [0, 0.1) is 0 Å². The second-order valence-electron chi connectivity index (χ2n) is 4.99. The fourth-order valence-corrected chi connectivity index (χ4v) is 1.76. The highest BCUT2D eigenvalue weighted by atomic mass is 16.4. The van der Waals surface area contributed by atoms with Crippen LogP contribution in [-0.2, 0) is 11.3 Å². The molecule has 1 saturated carbocycles. The van der Waals surface area contributed by atoms with E-state index in [1.54, 1.807) is 11.9 Å². The maximum Gasteiger partial charge on any atom is 0.328 e. The van der Waals surface area contributed by atoms with Crippen LogP contribution < -0.4 is 5.32 Å². The highest BCUT2D eigenvalue weighted by Gasteiger charge is 2.24. The summed E-state index contributed by atoms with van der Waals surface area (Å²) in [5.74, 6) is -0.967. The molecule has 2 N–H and O–H groups in total. The highest BCUT2D eigenvalue weighted by molar-refractivity contribution is 5.85. The minimum Gasteiger partial charge on any atom is -0.478 e. The van der Waals surface area contributed by atoms with E-state index in [0.29, 0.717) is 12.6 Å². The first kappa shape index (κ1) is 14.1. The molecule has 0 saturated heterocycles. The number of carbonyl (C=O) groups excluding carboxylic acids is 1. The topological polar surface area (TPSA) is 69.6 Å². The van der Waals surface area contributed by atoms with Crippen LogP contribution in [0.25, 0.3) is 6.08 Å². The molecule has 0 radical (unpaired) electrons. The van der Waals surface area contributed by atoms with E-state index in [9.17, 15) is 9.59 Å². The summed E-state index contributed by atoms with van der Waals surface area (Å²) in [6.45, 7) is 0.529. The van der Waals surface area contributed by atoms with Gasteiger partial charge in [0.2, 0.25) is 0 Å². The van der Waals surface area contributed by atoms with Crippen molar-refractivity contribution in [2.24, 2.45) is 0 Å². The molecule has 1 aliphatic carbocycles. The lowest BCUT2D eigenvalue weighted by Crippen LogP contribution is -2.37. The Bertz CT molecular complexity index is 518. The van der Waals surface area contributed by atoms with Gasteiger partial charge in [0, 0.05) is 25.7 Å². The predicted octanol–water partition coefficient (Wildman–Crippen LogP) is 2.09. The summed E-state index contributed by atoms with van der Waals surface area (Å²) in [6.07, 6.45) is 4.79. The van der Waals surface area contributed by atoms with Crippen LogP contribution in [-0.4, -0.2) is 35.1 Å². The average molecular weight is 274 g/mol. The standard InChI is InChI=1S/C15H18N2O3/c1-17(15(20)16-13-7-8-13)10-12-4-2-11(3-5-12)6-9-14(18)19/h2-6,9,13H,7-8,10H2,1H3,(H,16,20)(H,18,19). The molecule has 1 aromatic rings. The van der Waals surface area contributed by atoms with Gasteiger partial charge in [-0.05, 0) is 30.0 Å². The van der Waals surface area contributed by atoms with E-state index in [1.165, 1.54) is 6.08 Å². The number of urea groups is 1. The third-order valence-corrected chi connectivity index (χ3v) is 3.07. The fraction of sp³-hybridized carbons (Fsp3) is 0.333. The molecule has 0 aromatic heterocycles. The number of carboxylic acids is 1. The first-order valence-corrected chi connectivity index (χ1v) is 6.56. The molecule has 1 aliphatic rings. The van der Waals surface area contributed by atoms with E-state index in [0.717, 1.165) is 30.0 Å². The van der Waals surface area contributed by atoms with E-state index in [2.05, 4.69) is 5.32 Å². The molecule has 20 heavy (non-hydrogen) atoms. The summed E-state index contributed by atoms with van der Waals surface area (Å²) in [5.41, 5.74) is 1.83. The average Bonchev–Trinajstić information content (AvgIpc) is 3.21. The van der Waals surface area contributed by atoms with Gasteiger partial charge in [-0.2, -0.15) is 0 Å².